The molecular formula is C15H21N5O2S. The summed E-state index contributed by atoms with van der Waals surface area (Å²) in [4.78, 5) is 21.1. The van der Waals surface area contributed by atoms with Crippen LogP contribution < -0.4 is 10.6 Å². The first kappa shape index (κ1) is 15.9. The first-order valence-corrected chi connectivity index (χ1v) is 8.74. The van der Waals surface area contributed by atoms with Crippen LogP contribution in [0.15, 0.2) is 9.90 Å². The molecule has 2 heterocycles. The van der Waals surface area contributed by atoms with Gasteiger partial charge in [-0.25, -0.2) is 9.78 Å². The van der Waals surface area contributed by atoms with Crippen LogP contribution in [0.4, 0.5) is 4.79 Å². The minimum atomic E-state index is -0.502. The highest BCUT2D eigenvalue weighted by Crippen LogP contribution is 2.39. The molecule has 3 rings (SSSR count). The summed E-state index contributed by atoms with van der Waals surface area (Å²) < 4.78 is 5.05. The summed E-state index contributed by atoms with van der Waals surface area (Å²) in [6, 6.07) is -0.374. The van der Waals surface area contributed by atoms with Crippen molar-refractivity contribution in [3.8, 4) is 0 Å². The number of amides is 2. The first-order chi connectivity index (χ1) is 11.0. The van der Waals surface area contributed by atoms with Gasteiger partial charge in [-0.3, -0.25) is 0 Å². The van der Waals surface area contributed by atoms with Crippen LogP contribution in [0.25, 0.3) is 0 Å². The highest BCUT2D eigenvalue weighted by molar-refractivity contribution is 7.09. The van der Waals surface area contributed by atoms with Crippen LogP contribution in [-0.4, -0.2) is 21.2 Å². The number of hydrogen-bond donors (Lipinski definition) is 2. The van der Waals surface area contributed by atoms with Gasteiger partial charge in [0.1, 0.15) is 5.54 Å². The van der Waals surface area contributed by atoms with E-state index in [9.17, 15) is 4.79 Å². The minimum absolute atomic E-state index is 0.143. The molecule has 2 aromatic heterocycles. The van der Waals surface area contributed by atoms with Crippen LogP contribution in [0.5, 0.6) is 0 Å². The first-order valence-electron chi connectivity index (χ1n) is 7.86. The van der Waals surface area contributed by atoms with Gasteiger partial charge in [-0.15, -0.1) is 11.3 Å². The standard InChI is InChI=1S/C15H21N5O2S/c1-4-12-18-11(8-23-12)9(2)16-14(21)19-15(6-5-7-15)13-17-10(3)22-20-13/h8-9H,4-7H2,1-3H3,(H2,16,19,21). The lowest BCUT2D eigenvalue weighted by Crippen LogP contribution is -2.54. The van der Waals surface area contributed by atoms with E-state index in [4.69, 9.17) is 4.52 Å². The summed E-state index contributed by atoms with van der Waals surface area (Å²) in [5.74, 6) is 1.07. The SMILES string of the molecule is CCc1nc(C(C)NC(=O)NC2(c3noc(C)n3)CCC2)cs1. The molecule has 2 amide bonds. The van der Waals surface area contributed by atoms with Gasteiger partial charge in [-0.2, -0.15) is 4.98 Å². The number of nitrogens with one attached hydrogen (secondary N) is 2. The maximum atomic E-state index is 12.4. The number of hydrogen-bond acceptors (Lipinski definition) is 6. The number of aromatic nitrogens is 3. The molecule has 124 valence electrons. The van der Waals surface area contributed by atoms with Gasteiger partial charge in [0.25, 0.3) is 0 Å². The molecule has 2 N–H and O–H groups in total. The van der Waals surface area contributed by atoms with Crippen LogP contribution in [0, 0.1) is 6.92 Å². The summed E-state index contributed by atoms with van der Waals surface area (Å²) in [6.07, 6.45) is 3.59. The van der Waals surface area contributed by atoms with E-state index in [-0.39, 0.29) is 12.1 Å². The molecule has 1 atom stereocenters. The van der Waals surface area contributed by atoms with Crippen LogP contribution in [0.3, 0.4) is 0 Å². The zero-order valence-corrected chi connectivity index (χ0v) is 14.4. The number of carbonyl (C=O) groups is 1. The summed E-state index contributed by atoms with van der Waals surface area (Å²) in [6.45, 7) is 5.75. The Labute approximate surface area is 138 Å². The molecule has 1 saturated carbocycles. The minimum Gasteiger partial charge on any atom is -0.340 e. The van der Waals surface area contributed by atoms with Crippen molar-refractivity contribution in [3.05, 3.63) is 27.8 Å². The van der Waals surface area contributed by atoms with E-state index in [0.717, 1.165) is 36.4 Å². The molecule has 2 aromatic rings. The van der Waals surface area contributed by atoms with Crippen LogP contribution >= 0.6 is 11.3 Å². The third-order valence-electron chi connectivity index (χ3n) is 4.18. The smallest absolute Gasteiger partial charge is 0.316 e. The van der Waals surface area contributed by atoms with Gasteiger partial charge < -0.3 is 15.2 Å². The molecule has 1 aliphatic carbocycles. The summed E-state index contributed by atoms with van der Waals surface area (Å²) in [7, 11) is 0. The Bertz CT molecular complexity index is 692. The Morgan fingerprint density at radius 3 is 2.78 bits per heavy atom. The molecule has 0 aliphatic heterocycles. The van der Waals surface area contributed by atoms with Gasteiger partial charge in [0.2, 0.25) is 5.89 Å². The fraction of sp³-hybridized carbons (Fsp3) is 0.600. The number of thiazole rings is 1. The number of aryl methyl sites for hydroxylation is 2. The van der Waals surface area contributed by atoms with Crippen molar-refractivity contribution in [1.82, 2.24) is 25.8 Å². The predicted molar refractivity (Wildman–Crippen MR) is 86.1 cm³/mol. The number of urea groups is 1. The second-order valence-electron chi connectivity index (χ2n) is 5.91. The maximum Gasteiger partial charge on any atom is 0.316 e. The topological polar surface area (TPSA) is 92.9 Å². The monoisotopic (exact) mass is 335 g/mol. The van der Waals surface area contributed by atoms with E-state index in [0.29, 0.717) is 11.7 Å². The lowest BCUT2D eigenvalue weighted by atomic mass is 9.76. The Hall–Kier alpha value is -1.96. The Balaban J connectivity index is 1.64. The third-order valence-corrected chi connectivity index (χ3v) is 5.19. The molecule has 0 saturated heterocycles. The second kappa shape index (κ2) is 6.27. The summed E-state index contributed by atoms with van der Waals surface area (Å²) >= 11 is 1.62. The van der Waals surface area contributed by atoms with E-state index in [1.54, 1.807) is 18.3 Å². The van der Waals surface area contributed by atoms with Crippen LogP contribution in [-0.2, 0) is 12.0 Å². The van der Waals surface area contributed by atoms with Gasteiger partial charge in [-0.1, -0.05) is 12.1 Å². The molecule has 0 radical (unpaired) electrons. The highest BCUT2D eigenvalue weighted by atomic mass is 32.1. The van der Waals surface area contributed by atoms with Crippen molar-refractivity contribution in [2.24, 2.45) is 0 Å². The molecule has 1 fully saturated rings. The molecule has 7 nitrogen and oxygen atoms in total. The van der Waals surface area contributed by atoms with Gasteiger partial charge in [0, 0.05) is 12.3 Å². The molecule has 1 aliphatic rings. The van der Waals surface area contributed by atoms with Gasteiger partial charge in [0.05, 0.1) is 16.7 Å². The van der Waals surface area contributed by atoms with E-state index in [2.05, 4.69) is 32.7 Å². The molecule has 23 heavy (non-hydrogen) atoms. The number of nitrogens with zero attached hydrogens (tertiary/aromatic N) is 3. The molecular weight excluding hydrogens is 314 g/mol. The average molecular weight is 335 g/mol. The van der Waals surface area contributed by atoms with Crippen molar-refractivity contribution in [3.63, 3.8) is 0 Å². The lowest BCUT2D eigenvalue weighted by molar-refractivity contribution is 0.163. The van der Waals surface area contributed by atoms with E-state index in [1.165, 1.54) is 0 Å². The zero-order chi connectivity index (χ0) is 16.4. The van der Waals surface area contributed by atoms with Gasteiger partial charge in [0.15, 0.2) is 5.82 Å². The van der Waals surface area contributed by atoms with Crippen LogP contribution in [0.1, 0.15) is 61.6 Å². The zero-order valence-electron chi connectivity index (χ0n) is 13.5. The fourth-order valence-corrected chi connectivity index (χ4v) is 3.48. The second-order valence-corrected chi connectivity index (χ2v) is 6.86. The summed E-state index contributed by atoms with van der Waals surface area (Å²) in [5, 5.41) is 13.0. The quantitative estimate of drug-likeness (QED) is 0.876. The van der Waals surface area contributed by atoms with Gasteiger partial charge in [-0.05, 0) is 32.6 Å². The Kier molecular flexibility index (Phi) is 4.34. The normalized spacial score (nSPS) is 17.3. The van der Waals surface area contributed by atoms with Crippen molar-refractivity contribution in [2.75, 3.05) is 0 Å². The molecule has 0 bridgehead atoms. The molecule has 8 heteroatoms. The molecule has 1 unspecified atom stereocenters. The van der Waals surface area contributed by atoms with E-state index >= 15 is 0 Å². The lowest BCUT2D eigenvalue weighted by Gasteiger charge is -2.39. The molecule has 0 aromatic carbocycles. The van der Waals surface area contributed by atoms with Crippen molar-refractivity contribution < 1.29 is 9.32 Å². The third kappa shape index (κ3) is 3.21. The highest BCUT2D eigenvalue weighted by Gasteiger charge is 2.44. The van der Waals surface area contributed by atoms with E-state index < -0.39 is 5.54 Å². The average Bonchev–Trinajstić information content (AvgIpc) is 3.11. The van der Waals surface area contributed by atoms with Crippen LogP contribution in [0.2, 0.25) is 0 Å². The Morgan fingerprint density at radius 1 is 1.48 bits per heavy atom. The van der Waals surface area contributed by atoms with Gasteiger partial charge >= 0.3 is 6.03 Å². The van der Waals surface area contributed by atoms with Crippen molar-refractivity contribution in [2.45, 2.75) is 58.0 Å². The predicted octanol–water partition coefficient (Wildman–Crippen LogP) is 2.84. The fourth-order valence-electron chi connectivity index (χ4n) is 2.64. The van der Waals surface area contributed by atoms with Crippen molar-refractivity contribution in [1.29, 1.82) is 0 Å². The van der Waals surface area contributed by atoms with E-state index in [1.807, 2.05) is 12.3 Å². The van der Waals surface area contributed by atoms with Crippen molar-refractivity contribution >= 4 is 17.4 Å². The summed E-state index contributed by atoms with van der Waals surface area (Å²) in [5.41, 5.74) is 0.387. The maximum absolute atomic E-state index is 12.4. The number of rotatable bonds is 5. The largest absolute Gasteiger partial charge is 0.340 e. The molecule has 0 spiro atoms. The Morgan fingerprint density at radius 2 is 2.26 bits per heavy atom. The number of carbonyl (C=O) groups excluding carboxylic acids is 1.